The maximum absolute atomic E-state index is 13.0. The molecule has 1 aromatic carbocycles. The average Bonchev–Trinajstić information content (AvgIpc) is 3.09. The van der Waals surface area contributed by atoms with E-state index in [1.807, 2.05) is 19.2 Å². The Morgan fingerprint density at radius 3 is 2.82 bits per heavy atom. The first-order chi connectivity index (χ1) is 10.7. The van der Waals surface area contributed by atoms with Crippen LogP contribution >= 0.6 is 11.3 Å². The second-order valence-corrected chi connectivity index (χ2v) is 6.80. The molecular weight excluding hydrogens is 297 g/mol. The Morgan fingerprint density at radius 2 is 2.00 bits per heavy atom. The third-order valence-corrected chi connectivity index (χ3v) is 5.38. The van der Waals surface area contributed by atoms with E-state index in [4.69, 9.17) is 0 Å². The summed E-state index contributed by atoms with van der Waals surface area (Å²) in [6.45, 7) is 0.705. The fourth-order valence-electron chi connectivity index (χ4n) is 3.14. The van der Waals surface area contributed by atoms with Gasteiger partial charge in [0.15, 0.2) is 0 Å². The second kappa shape index (κ2) is 5.32. The van der Waals surface area contributed by atoms with E-state index in [1.165, 1.54) is 34.4 Å². The highest BCUT2D eigenvalue weighted by Crippen LogP contribution is 2.40. The van der Waals surface area contributed by atoms with Crippen LogP contribution in [0.1, 0.15) is 22.4 Å². The van der Waals surface area contributed by atoms with Crippen molar-refractivity contribution in [2.24, 2.45) is 0 Å². The Balaban J connectivity index is 1.72. The highest BCUT2D eigenvalue weighted by molar-refractivity contribution is 7.19. The average molecular weight is 313 g/mol. The van der Waals surface area contributed by atoms with Crippen molar-refractivity contribution in [3.63, 3.8) is 0 Å². The Kier molecular flexibility index (Phi) is 3.30. The highest BCUT2D eigenvalue weighted by atomic mass is 32.1. The SMILES string of the molecule is CN(Cc1ccc(F)cc1)c1ncnc2sc3c(c12)CCC3. The zero-order chi connectivity index (χ0) is 15.1. The summed E-state index contributed by atoms with van der Waals surface area (Å²) in [5, 5.41) is 1.21. The molecule has 0 spiro atoms. The van der Waals surface area contributed by atoms with Crippen LogP contribution in [0.5, 0.6) is 0 Å². The van der Waals surface area contributed by atoms with E-state index in [1.54, 1.807) is 17.7 Å². The van der Waals surface area contributed by atoms with Crippen molar-refractivity contribution in [3.8, 4) is 0 Å². The zero-order valence-corrected chi connectivity index (χ0v) is 13.2. The van der Waals surface area contributed by atoms with E-state index in [9.17, 15) is 4.39 Å². The Hall–Kier alpha value is -2.01. The molecule has 112 valence electrons. The van der Waals surface area contributed by atoms with Crippen molar-refractivity contribution in [2.45, 2.75) is 25.8 Å². The molecule has 2 aromatic heterocycles. The van der Waals surface area contributed by atoms with Crippen LogP contribution in [0.4, 0.5) is 10.2 Å². The van der Waals surface area contributed by atoms with Crippen molar-refractivity contribution in [1.29, 1.82) is 0 Å². The molecule has 0 aliphatic heterocycles. The van der Waals surface area contributed by atoms with Crippen molar-refractivity contribution in [1.82, 2.24) is 9.97 Å². The van der Waals surface area contributed by atoms with Crippen LogP contribution in [0.2, 0.25) is 0 Å². The van der Waals surface area contributed by atoms with Gasteiger partial charge < -0.3 is 4.90 Å². The van der Waals surface area contributed by atoms with Gasteiger partial charge in [0.05, 0.1) is 5.39 Å². The van der Waals surface area contributed by atoms with Gasteiger partial charge in [0.25, 0.3) is 0 Å². The van der Waals surface area contributed by atoms with Gasteiger partial charge in [0.1, 0.15) is 22.8 Å². The molecule has 3 aromatic rings. The maximum Gasteiger partial charge on any atom is 0.141 e. The van der Waals surface area contributed by atoms with Gasteiger partial charge in [0.2, 0.25) is 0 Å². The first-order valence-corrected chi connectivity index (χ1v) is 8.25. The second-order valence-electron chi connectivity index (χ2n) is 5.72. The van der Waals surface area contributed by atoms with Crippen LogP contribution in [-0.2, 0) is 19.4 Å². The van der Waals surface area contributed by atoms with Gasteiger partial charge in [-0.25, -0.2) is 14.4 Å². The molecule has 3 nitrogen and oxygen atoms in total. The molecule has 2 heterocycles. The van der Waals surface area contributed by atoms with Crippen LogP contribution in [0, 0.1) is 5.82 Å². The molecule has 0 unspecified atom stereocenters. The molecule has 0 radical (unpaired) electrons. The van der Waals surface area contributed by atoms with Crippen LogP contribution in [0.3, 0.4) is 0 Å². The molecule has 22 heavy (non-hydrogen) atoms. The number of aryl methyl sites for hydroxylation is 2. The smallest absolute Gasteiger partial charge is 0.141 e. The summed E-state index contributed by atoms with van der Waals surface area (Å²) in [5.74, 6) is 0.778. The largest absolute Gasteiger partial charge is 0.355 e. The van der Waals surface area contributed by atoms with Gasteiger partial charge in [-0.1, -0.05) is 12.1 Å². The molecule has 1 aliphatic carbocycles. The number of hydrogen-bond donors (Lipinski definition) is 0. The summed E-state index contributed by atoms with van der Waals surface area (Å²) >= 11 is 1.80. The van der Waals surface area contributed by atoms with Gasteiger partial charge in [0, 0.05) is 18.5 Å². The number of thiophene rings is 1. The van der Waals surface area contributed by atoms with Gasteiger partial charge >= 0.3 is 0 Å². The molecule has 0 atom stereocenters. The van der Waals surface area contributed by atoms with Crippen molar-refractivity contribution in [2.75, 3.05) is 11.9 Å². The standard InChI is InChI=1S/C17H16FN3S/c1-21(9-11-5-7-12(18)8-6-11)16-15-13-3-2-4-14(13)22-17(15)20-10-19-16/h5-8,10H,2-4,9H2,1H3. The molecule has 0 saturated carbocycles. The summed E-state index contributed by atoms with van der Waals surface area (Å²) < 4.78 is 13.0. The minimum absolute atomic E-state index is 0.202. The molecule has 0 bridgehead atoms. The van der Waals surface area contributed by atoms with E-state index in [2.05, 4.69) is 14.9 Å². The predicted octanol–water partition coefficient (Wildman–Crippen LogP) is 3.96. The lowest BCUT2D eigenvalue weighted by Gasteiger charge is -2.19. The molecule has 4 rings (SSSR count). The number of anilines is 1. The topological polar surface area (TPSA) is 29.0 Å². The minimum Gasteiger partial charge on any atom is -0.355 e. The van der Waals surface area contributed by atoms with E-state index in [0.717, 1.165) is 29.1 Å². The van der Waals surface area contributed by atoms with Gasteiger partial charge in [-0.2, -0.15) is 0 Å². The lowest BCUT2D eigenvalue weighted by atomic mass is 10.1. The summed E-state index contributed by atoms with van der Waals surface area (Å²) in [4.78, 5) is 13.6. The fraction of sp³-hybridized carbons (Fsp3) is 0.294. The third-order valence-electron chi connectivity index (χ3n) is 4.18. The molecule has 0 amide bonds. The van der Waals surface area contributed by atoms with E-state index < -0.39 is 0 Å². The zero-order valence-electron chi connectivity index (χ0n) is 12.3. The van der Waals surface area contributed by atoms with Gasteiger partial charge in [-0.05, 0) is 42.5 Å². The maximum atomic E-state index is 13.0. The molecule has 0 saturated heterocycles. The number of hydrogen-bond acceptors (Lipinski definition) is 4. The van der Waals surface area contributed by atoms with Crippen LogP contribution in [0.25, 0.3) is 10.2 Å². The lowest BCUT2D eigenvalue weighted by Crippen LogP contribution is -2.18. The molecule has 5 heteroatoms. The van der Waals surface area contributed by atoms with Crippen molar-refractivity contribution in [3.05, 3.63) is 52.4 Å². The summed E-state index contributed by atoms with van der Waals surface area (Å²) in [5.41, 5.74) is 2.50. The number of halogens is 1. The lowest BCUT2D eigenvalue weighted by molar-refractivity contribution is 0.627. The van der Waals surface area contributed by atoms with E-state index in [0.29, 0.717) is 6.54 Å². The molecule has 0 fully saturated rings. The first-order valence-electron chi connectivity index (χ1n) is 7.43. The summed E-state index contributed by atoms with van der Waals surface area (Å²) in [6, 6.07) is 6.65. The quantitative estimate of drug-likeness (QED) is 0.733. The van der Waals surface area contributed by atoms with Gasteiger partial charge in [-0.3, -0.25) is 0 Å². The molecular formula is C17H16FN3S. The first kappa shape index (κ1) is 13.6. The Bertz CT molecular complexity index is 826. The number of fused-ring (bicyclic) bond motifs is 3. The number of aromatic nitrogens is 2. The predicted molar refractivity (Wildman–Crippen MR) is 87.9 cm³/mol. The highest BCUT2D eigenvalue weighted by Gasteiger charge is 2.22. The van der Waals surface area contributed by atoms with Crippen molar-refractivity contribution >= 4 is 27.4 Å². The third kappa shape index (κ3) is 2.25. The van der Waals surface area contributed by atoms with Crippen molar-refractivity contribution < 1.29 is 4.39 Å². The Morgan fingerprint density at radius 1 is 1.18 bits per heavy atom. The molecule has 1 aliphatic rings. The summed E-state index contributed by atoms with van der Waals surface area (Å²) in [7, 11) is 2.03. The Labute approximate surface area is 132 Å². The summed E-state index contributed by atoms with van der Waals surface area (Å²) in [6.07, 6.45) is 5.16. The van der Waals surface area contributed by atoms with Gasteiger partial charge in [-0.15, -0.1) is 11.3 Å². The monoisotopic (exact) mass is 313 g/mol. The molecule has 0 N–H and O–H groups in total. The number of nitrogens with zero attached hydrogens (tertiary/aromatic N) is 3. The van der Waals surface area contributed by atoms with Crippen LogP contribution in [-0.4, -0.2) is 17.0 Å². The van der Waals surface area contributed by atoms with Crippen LogP contribution in [0.15, 0.2) is 30.6 Å². The normalized spacial score (nSPS) is 13.5. The van der Waals surface area contributed by atoms with E-state index in [-0.39, 0.29) is 5.82 Å². The fourth-order valence-corrected chi connectivity index (χ4v) is 4.36. The minimum atomic E-state index is -0.202. The number of benzene rings is 1. The van der Waals surface area contributed by atoms with Crippen LogP contribution < -0.4 is 4.90 Å². The van der Waals surface area contributed by atoms with E-state index >= 15 is 0 Å². The number of rotatable bonds is 3.